The molecule has 2 rings (SSSR count). The SMILES string of the molecule is CC(C)NC(=O)C(C)N(Cc1ccccc1)C(=O)CSCc1cccc(Cl)c1. The van der Waals surface area contributed by atoms with Crippen LogP contribution in [-0.2, 0) is 21.9 Å². The van der Waals surface area contributed by atoms with Crippen LogP contribution in [0, 0.1) is 0 Å². The van der Waals surface area contributed by atoms with Crippen molar-refractivity contribution in [2.45, 2.75) is 45.2 Å². The Morgan fingerprint density at radius 2 is 1.71 bits per heavy atom. The van der Waals surface area contributed by atoms with E-state index in [9.17, 15) is 9.59 Å². The lowest BCUT2D eigenvalue weighted by Crippen LogP contribution is -2.49. The molecule has 0 fully saturated rings. The van der Waals surface area contributed by atoms with Gasteiger partial charge in [0.05, 0.1) is 5.75 Å². The lowest BCUT2D eigenvalue weighted by Gasteiger charge is -2.29. The minimum atomic E-state index is -0.540. The molecule has 1 atom stereocenters. The van der Waals surface area contributed by atoms with E-state index in [1.807, 2.05) is 68.4 Å². The number of hydrogen-bond acceptors (Lipinski definition) is 3. The molecule has 0 aliphatic heterocycles. The quantitative estimate of drug-likeness (QED) is 0.651. The zero-order valence-corrected chi connectivity index (χ0v) is 18.1. The summed E-state index contributed by atoms with van der Waals surface area (Å²) in [5.74, 6) is 0.804. The molecule has 6 heteroatoms. The van der Waals surface area contributed by atoms with E-state index in [-0.39, 0.29) is 17.9 Å². The van der Waals surface area contributed by atoms with Gasteiger partial charge in [-0.05, 0) is 44.0 Å². The zero-order chi connectivity index (χ0) is 20.5. The minimum absolute atomic E-state index is 0.0285. The molecule has 0 heterocycles. The molecule has 1 N–H and O–H groups in total. The second-order valence-corrected chi connectivity index (χ2v) is 8.39. The van der Waals surface area contributed by atoms with Gasteiger partial charge in [-0.25, -0.2) is 0 Å². The van der Waals surface area contributed by atoms with Crippen molar-refractivity contribution in [1.29, 1.82) is 0 Å². The molecule has 0 spiro atoms. The molecule has 28 heavy (non-hydrogen) atoms. The Kier molecular flexibility index (Phi) is 8.87. The highest BCUT2D eigenvalue weighted by molar-refractivity contribution is 7.99. The fraction of sp³-hybridized carbons (Fsp3) is 0.364. The van der Waals surface area contributed by atoms with Gasteiger partial charge in [-0.2, -0.15) is 0 Å². The first kappa shape index (κ1) is 22.3. The number of rotatable bonds is 9. The van der Waals surface area contributed by atoms with Gasteiger partial charge >= 0.3 is 0 Å². The topological polar surface area (TPSA) is 49.4 Å². The van der Waals surface area contributed by atoms with Gasteiger partial charge in [0.25, 0.3) is 0 Å². The van der Waals surface area contributed by atoms with Gasteiger partial charge in [0.2, 0.25) is 11.8 Å². The number of nitrogens with one attached hydrogen (secondary N) is 1. The number of thioether (sulfide) groups is 1. The van der Waals surface area contributed by atoms with E-state index < -0.39 is 6.04 Å². The van der Waals surface area contributed by atoms with Gasteiger partial charge < -0.3 is 10.2 Å². The number of carbonyl (C=O) groups excluding carboxylic acids is 2. The molecule has 0 aliphatic carbocycles. The fourth-order valence-corrected chi connectivity index (χ4v) is 3.80. The van der Waals surface area contributed by atoms with Crippen LogP contribution in [0.25, 0.3) is 0 Å². The van der Waals surface area contributed by atoms with E-state index in [4.69, 9.17) is 11.6 Å². The first-order valence-electron chi connectivity index (χ1n) is 9.32. The van der Waals surface area contributed by atoms with Crippen molar-refractivity contribution in [3.8, 4) is 0 Å². The minimum Gasteiger partial charge on any atom is -0.352 e. The van der Waals surface area contributed by atoms with E-state index >= 15 is 0 Å². The Labute approximate surface area is 176 Å². The van der Waals surface area contributed by atoms with Crippen molar-refractivity contribution < 1.29 is 9.59 Å². The molecule has 0 saturated carbocycles. The summed E-state index contributed by atoms with van der Waals surface area (Å²) < 4.78 is 0. The van der Waals surface area contributed by atoms with E-state index in [0.717, 1.165) is 11.1 Å². The second kappa shape index (κ2) is 11.1. The highest BCUT2D eigenvalue weighted by Gasteiger charge is 2.26. The summed E-state index contributed by atoms with van der Waals surface area (Å²) >= 11 is 7.54. The van der Waals surface area contributed by atoms with Crippen LogP contribution < -0.4 is 5.32 Å². The van der Waals surface area contributed by atoms with E-state index in [2.05, 4.69) is 5.32 Å². The van der Waals surface area contributed by atoms with Gasteiger partial charge in [-0.3, -0.25) is 9.59 Å². The molecule has 150 valence electrons. The van der Waals surface area contributed by atoms with Crippen LogP contribution in [0.2, 0.25) is 5.02 Å². The molecular weight excluding hydrogens is 392 g/mol. The Morgan fingerprint density at radius 3 is 2.36 bits per heavy atom. The van der Waals surface area contributed by atoms with Crippen LogP contribution >= 0.6 is 23.4 Å². The predicted molar refractivity (Wildman–Crippen MR) is 117 cm³/mol. The number of halogens is 1. The number of nitrogens with zero attached hydrogens (tertiary/aromatic N) is 1. The maximum absolute atomic E-state index is 12.9. The van der Waals surface area contributed by atoms with Gasteiger partial charge in [-0.1, -0.05) is 54.1 Å². The standard InChI is InChI=1S/C22H27ClN2O2S/c1-16(2)24-22(27)17(3)25(13-18-8-5-4-6-9-18)21(26)15-28-14-19-10-7-11-20(23)12-19/h4-12,16-17H,13-15H2,1-3H3,(H,24,27). The molecule has 0 aromatic heterocycles. The van der Waals surface area contributed by atoms with Crippen LogP contribution in [-0.4, -0.2) is 34.6 Å². The first-order valence-corrected chi connectivity index (χ1v) is 10.9. The Bertz CT molecular complexity index is 783. The summed E-state index contributed by atoms with van der Waals surface area (Å²) in [6.07, 6.45) is 0. The molecule has 2 aromatic carbocycles. The molecule has 0 saturated heterocycles. The van der Waals surface area contributed by atoms with Crippen molar-refractivity contribution in [3.63, 3.8) is 0 Å². The summed E-state index contributed by atoms with van der Waals surface area (Å²) in [6.45, 7) is 6.01. The number of hydrogen-bond donors (Lipinski definition) is 1. The third kappa shape index (κ3) is 7.21. The molecule has 4 nitrogen and oxygen atoms in total. The smallest absolute Gasteiger partial charge is 0.242 e. The van der Waals surface area contributed by atoms with Crippen LogP contribution in [0.5, 0.6) is 0 Å². The van der Waals surface area contributed by atoms with Gasteiger partial charge in [-0.15, -0.1) is 11.8 Å². The lowest BCUT2D eigenvalue weighted by molar-refractivity contribution is -0.138. The summed E-state index contributed by atoms with van der Waals surface area (Å²) in [5.41, 5.74) is 2.07. The third-order valence-electron chi connectivity index (χ3n) is 4.18. The van der Waals surface area contributed by atoms with Gasteiger partial charge in [0.15, 0.2) is 0 Å². The van der Waals surface area contributed by atoms with Crippen LogP contribution in [0.4, 0.5) is 0 Å². The number of amides is 2. The number of benzene rings is 2. The Morgan fingerprint density at radius 1 is 1.04 bits per heavy atom. The summed E-state index contributed by atoms with van der Waals surface area (Å²) in [6, 6.07) is 16.9. The summed E-state index contributed by atoms with van der Waals surface area (Å²) in [5, 5.41) is 3.59. The largest absolute Gasteiger partial charge is 0.352 e. The molecule has 1 unspecified atom stereocenters. The first-order chi connectivity index (χ1) is 13.4. The predicted octanol–water partition coefficient (Wildman–Crippen LogP) is 4.52. The maximum atomic E-state index is 12.9. The molecule has 0 aliphatic rings. The van der Waals surface area contributed by atoms with Gasteiger partial charge in [0, 0.05) is 23.4 Å². The highest BCUT2D eigenvalue weighted by Crippen LogP contribution is 2.18. The molecular formula is C22H27ClN2O2S. The fourth-order valence-electron chi connectivity index (χ4n) is 2.73. The van der Waals surface area contributed by atoms with Crippen LogP contribution in [0.1, 0.15) is 31.9 Å². The van der Waals surface area contributed by atoms with E-state index in [1.54, 1.807) is 11.8 Å². The normalized spacial score (nSPS) is 11.9. The monoisotopic (exact) mass is 418 g/mol. The third-order valence-corrected chi connectivity index (χ3v) is 5.40. The van der Waals surface area contributed by atoms with Crippen molar-refractivity contribution in [2.75, 3.05) is 5.75 Å². The zero-order valence-electron chi connectivity index (χ0n) is 16.5. The molecule has 0 bridgehead atoms. The summed E-state index contributed by atoms with van der Waals surface area (Å²) in [7, 11) is 0. The van der Waals surface area contributed by atoms with Crippen LogP contribution in [0.15, 0.2) is 54.6 Å². The van der Waals surface area contributed by atoms with Crippen molar-refractivity contribution in [3.05, 3.63) is 70.7 Å². The van der Waals surface area contributed by atoms with Gasteiger partial charge in [0.1, 0.15) is 6.04 Å². The average Bonchev–Trinajstić information content (AvgIpc) is 2.66. The lowest BCUT2D eigenvalue weighted by atomic mass is 10.1. The second-order valence-electron chi connectivity index (χ2n) is 6.97. The highest BCUT2D eigenvalue weighted by atomic mass is 35.5. The summed E-state index contributed by atoms with van der Waals surface area (Å²) in [4.78, 5) is 27.1. The van der Waals surface area contributed by atoms with Crippen LogP contribution in [0.3, 0.4) is 0 Å². The van der Waals surface area contributed by atoms with E-state index in [0.29, 0.717) is 23.1 Å². The molecule has 2 amide bonds. The maximum Gasteiger partial charge on any atom is 0.242 e. The Hall–Kier alpha value is -1.98. The van der Waals surface area contributed by atoms with E-state index in [1.165, 1.54) is 11.8 Å². The molecule has 0 radical (unpaired) electrons. The van der Waals surface area contributed by atoms with Crippen molar-refractivity contribution >= 4 is 35.2 Å². The molecule has 2 aromatic rings. The number of carbonyl (C=O) groups is 2. The Balaban J connectivity index is 2.03. The van der Waals surface area contributed by atoms with Crippen molar-refractivity contribution in [2.24, 2.45) is 0 Å². The van der Waals surface area contributed by atoms with Crippen molar-refractivity contribution in [1.82, 2.24) is 10.2 Å². The average molecular weight is 419 g/mol.